The van der Waals surface area contributed by atoms with E-state index in [0.717, 1.165) is 29.8 Å². The second kappa shape index (κ2) is 6.32. The van der Waals surface area contributed by atoms with Gasteiger partial charge in [0.2, 0.25) is 0 Å². The molecule has 1 aromatic heterocycles. The Labute approximate surface area is 145 Å². The molecule has 126 valence electrons. The van der Waals surface area contributed by atoms with E-state index in [1.165, 1.54) is 17.5 Å². The van der Waals surface area contributed by atoms with Crippen LogP contribution in [0.5, 0.6) is 0 Å². The molecule has 0 bridgehead atoms. The van der Waals surface area contributed by atoms with Crippen LogP contribution in [0.3, 0.4) is 0 Å². The summed E-state index contributed by atoms with van der Waals surface area (Å²) in [6, 6.07) is 13.4. The molecular formula is C19H19N5O. The molecule has 0 radical (unpaired) electrons. The van der Waals surface area contributed by atoms with E-state index in [1.807, 2.05) is 30.3 Å². The monoisotopic (exact) mass is 333 g/mol. The standard InChI is InChI=1S/C19H19N5O/c20-18-21-11-17(24-18)14-5-2-6-15(10-14)22-19(25)23-16-8-7-12-3-1-4-13(12)9-16/h2,5-11H,1,3-4H2,(H3,20,21,24)(H2,22,23,25). The molecule has 1 heterocycles. The lowest BCUT2D eigenvalue weighted by Crippen LogP contribution is -2.19. The number of carbonyl (C=O) groups is 1. The molecule has 1 aliphatic carbocycles. The van der Waals surface area contributed by atoms with Crippen LogP contribution in [0.1, 0.15) is 17.5 Å². The van der Waals surface area contributed by atoms with E-state index in [9.17, 15) is 4.79 Å². The Kier molecular flexibility index (Phi) is 3.85. The number of rotatable bonds is 3. The van der Waals surface area contributed by atoms with Crippen molar-refractivity contribution in [2.45, 2.75) is 19.3 Å². The van der Waals surface area contributed by atoms with Crippen LogP contribution < -0.4 is 16.4 Å². The lowest BCUT2D eigenvalue weighted by molar-refractivity contribution is 0.262. The van der Waals surface area contributed by atoms with E-state index >= 15 is 0 Å². The minimum atomic E-state index is -0.265. The lowest BCUT2D eigenvalue weighted by atomic mass is 10.1. The first kappa shape index (κ1) is 15.3. The Morgan fingerprint density at radius 2 is 1.84 bits per heavy atom. The van der Waals surface area contributed by atoms with Gasteiger partial charge in [-0.05, 0) is 54.7 Å². The molecule has 6 nitrogen and oxygen atoms in total. The number of hydrogen-bond acceptors (Lipinski definition) is 3. The number of fused-ring (bicyclic) bond motifs is 1. The molecule has 25 heavy (non-hydrogen) atoms. The van der Waals surface area contributed by atoms with Gasteiger partial charge in [-0.3, -0.25) is 0 Å². The zero-order valence-electron chi connectivity index (χ0n) is 13.7. The highest BCUT2D eigenvalue weighted by molar-refractivity contribution is 6.00. The number of aromatic amines is 1. The van der Waals surface area contributed by atoms with E-state index in [4.69, 9.17) is 5.73 Å². The van der Waals surface area contributed by atoms with E-state index < -0.39 is 0 Å². The van der Waals surface area contributed by atoms with Crippen LogP contribution in [0.2, 0.25) is 0 Å². The SMILES string of the molecule is Nc1ncc(-c2cccc(NC(=O)Nc3ccc4c(c3)CCC4)c2)[nH]1. The van der Waals surface area contributed by atoms with Crippen LogP contribution in [0.25, 0.3) is 11.3 Å². The van der Waals surface area contributed by atoms with Gasteiger partial charge in [-0.25, -0.2) is 9.78 Å². The number of nitrogens with two attached hydrogens (primary N) is 1. The van der Waals surface area contributed by atoms with Crippen molar-refractivity contribution in [2.75, 3.05) is 16.4 Å². The molecule has 0 fully saturated rings. The van der Waals surface area contributed by atoms with Gasteiger partial charge in [0.15, 0.2) is 5.95 Å². The number of aromatic nitrogens is 2. The summed E-state index contributed by atoms with van der Waals surface area (Å²) >= 11 is 0. The van der Waals surface area contributed by atoms with E-state index in [0.29, 0.717) is 11.6 Å². The van der Waals surface area contributed by atoms with E-state index in [1.54, 1.807) is 6.20 Å². The van der Waals surface area contributed by atoms with Crippen LogP contribution in [0.4, 0.5) is 22.1 Å². The number of urea groups is 1. The first-order valence-electron chi connectivity index (χ1n) is 8.28. The molecule has 0 unspecified atom stereocenters. The van der Waals surface area contributed by atoms with Gasteiger partial charge >= 0.3 is 6.03 Å². The number of carbonyl (C=O) groups excluding carboxylic acids is 1. The maximum atomic E-state index is 12.3. The Morgan fingerprint density at radius 3 is 2.64 bits per heavy atom. The lowest BCUT2D eigenvalue weighted by Gasteiger charge is -2.10. The third-order valence-electron chi connectivity index (χ3n) is 4.38. The van der Waals surface area contributed by atoms with Gasteiger partial charge in [-0.2, -0.15) is 0 Å². The minimum Gasteiger partial charge on any atom is -0.369 e. The third kappa shape index (κ3) is 3.33. The molecular weight excluding hydrogens is 314 g/mol. The predicted molar refractivity (Wildman–Crippen MR) is 99.5 cm³/mol. The molecule has 2 amide bonds. The van der Waals surface area contributed by atoms with Gasteiger partial charge in [-0.1, -0.05) is 18.2 Å². The maximum Gasteiger partial charge on any atom is 0.323 e. The fourth-order valence-corrected chi connectivity index (χ4v) is 3.19. The smallest absolute Gasteiger partial charge is 0.323 e. The number of nitrogens with one attached hydrogen (secondary N) is 3. The quantitative estimate of drug-likeness (QED) is 0.587. The maximum absolute atomic E-state index is 12.3. The number of H-pyrrole nitrogens is 1. The van der Waals surface area contributed by atoms with Gasteiger partial charge in [0.25, 0.3) is 0 Å². The largest absolute Gasteiger partial charge is 0.369 e. The zero-order chi connectivity index (χ0) is 17.2. The summed E-state index contributed by atoms with van der Waals surface area (Å²) in [6.45, 7) is 0. The molecule has 0 aliphatic heterocycles. The van der Waals surface area contributed by atoms with Crippen LogP contribution in [-0.2, 0) is 12.8 Å². The summed E-state index contributed by atoms with van der Waals surface area (Å²) < 4.78 is 0. The van der Waals surface area contributed by atoms with Gasteiger partial charge in [0.05, 0.1) is 11.9 Å². The van der Waals surface area contributed by atoms with Crippen molar-refractivity contribution in [3.63, 3.8) is 0 Å². The Hall–Kier alpha value is -3.28. The molecule has 3 aromatic rings. The number of anilines is 3. The Bertz CT molecular complexity index is 931. The van der Waals surface area contributed by atoms with Gasteiger partial charge in [0.1, 0.15) is 0 Å². The number of imidazole rings is 1. The average Bonchev–Trinajstić information content (AvgIpc) is 3.23. The van der Waals surface area contributed by atoms with Crippen molar-refractivity contribution in [1.29, 1.82) is 0 Å². The highest BCUT2D eigenvalue weighted by Crippen LogP contribution is 2.25. The highest BCUT2D eigenvalue weighted by atomic mass is 16.2. The number of aryl methyl sites for hydroxylation is 2. The second-order valence-electron chi connectivity index (χ2n) is 6.18. The Balaban J connectivity index is 1.46. The molecule has 4 rings (SSSR count). The summed E-state index contributed by atoms with van der Waals surface area (Å²) in [7, 11) is 0. The summed E-state index contributed by atoms with van der Waals surface area (Å²) in [5.41, 5.74) is 11.6. The van der Waals surface area contributed by atoms with E-state index in [2.05, 4.69) is 32.7 Å². The van der Waals surface area contributed by atoms with Crippen LogP contribution in [-0.4, -0.2) is 16.0 Å². The molecule has 2 aromatic carbocycles. The number of benzene rings is 2. The van der Waals surface area contributed by atoms with Crippen LogP contribution in [0.15, 0.2) is 48.7 Å². The van der Waals surface area contributed by atoms with E-state index in [-0.39, 0.29) is 6.03 Å². The third-order valence-corrected chi connectivity index (χ3v) is 4.38. The molecule has 0 atom stereocenters. The van der Waals surface area contributed by atoms with Crippen molar-refractivity contribution >= 4 is 23.4 Å². The molecule has 0 saturated carbocycles. The first-order chi connectivity index (χ1) is 12.2. The Morgan fingerprint density at radius 1 is 1.04 bits per heavy atom. The number of nitrogens with zero attached hydrogens (tertiary/aromatic N) is 1. The van der Waals surface area contributed by atoms with Gasteiger partial charge < -0.3 is 21.4 Å². The van der Waals surface area contributed by atoms with Crippen molar-refractivity contribution in [1.82, 2.24) is 9.97 Å². The summed E-state index contributed by atoms with van der Waals surface area (Å²) in [5.74, 6) is 0.364. The predicted octanol–water partition coefficient (Wildman–Crippen LogP) is 3.79. The summed E-state index contributed by atoms with van der Waals surface area (Å²) in [4.78, 5) is 19.2. The first-order valence-corrected chi connectivity index (χ1v) is 8.28. The molecule has 1 aliphatic rings. The summed E-state index contributed by atoms with van der Waals surface area (Å²) in [5, 5.41) is 5.75. The number of amides is 2. The second-order valence-corrected chi connectivity index (χ2v) is 6.18. The van der Waals surface area contributed by atoms with Crippen LogP contribution in [0, 0.1) is 0 Å². The fraction of sp³-hybridized carbons (Fsp3) is 0.158. The fourth-order valence-electron chi connectivity index (χ4n) is 3.19. The van der Waals surface area contributed by atoms with Crippen molar-refractivity contribution in [2.24, 2.45) is 0 Å². The minimum absolute atomic E-state index is 0.265. The molecule has 6 heteroatoms. The molecule has 5 N–H and O–H groups in total. The van der Waals surface area contributed by atoms with Gasteiger partial charge in [0, 0.05) is 16.9 Å². The van der Waals surface area contributed by atoms with Crippen molar-refractivity contribution in [3.8, 4) is 11.3 Å². The highest BCUT2D eigenvalue weighted by Gasteiger charge is 2.12. The average molecular weight is 333 g/mol. The normalized spacial score (nSPS) is 12.6. The van der Waals surface area contributed by atoms with Crippen LogP contribution >= 0.6 is 0 Å². The number of nitrogen functional groups attached to an aromatic ring is 1. The summed E-state index contributed by atoms with van der Waals surface area (Å²) in [6.07, 6.45) is 5.07. The molecule has 0 spiro atoms. The molecule has 0 saturated heterocycles. The number of hydrogen-bond donors (Lipinski definition) is 4. The van der Waals surface area contributed by atoms with Crippen molar-refractivity contribution < 1.29 is 4.79 Å². The van der Waals surface area contributed by atoms with Crippen molar-refractivity contribution in [3.05, 3.63) is 59.8 Å². The van der Waals surface area contributed by atoms with Gasteiger partial charge in [-0.15, -0.1) is 0 Å². The zero-order valence-corrected chi connectivity index (χ0v) is 13.7. The topological polar surface area (TPSA) is 95.8 Å².